The zero-order valence-corrected chi connectivity index (χ0v) is 17.1. The average molecular weight is 439 g/mol. The lowest BCUT2D eigenvalue weighted by Gasteiger charge is -2.28. The van der Waals surface area contributed by atoms with Crippen LogP contribution in [0.2, 0.25) is 0 Å². The highest BCUT2D eigenvalue weighted by molar-refractivity contribution is 9.10. The summed E-state index contributed by atoms with van der Waals surface area (Å²) in [5.41, 5.74) is 5.45. The molecule has 7 heteroatoms. The number of para-hydroxylation sites is 2. The second kappa shape index (κ2) is 6.81. The highest BCUT2D eigenvalue weighted by atomic mass is 79.9. The fraction of sp³-hybridized carbons (Fsp3) is 0.333. The van der Waals surface area contributed by atoms with Gasteiger partial charge in [-0.15, -0.1) is 0 Å². The summed E-state index contributed by atoms with van der Waals surface area (Å²) >= 11 is 3.58. The topological polar surface area (TPSA) is 73.3 Å². The maximum Gasteiger partial charge on any atom is 0.201 e. The summed E-state index contributed by atoms with van der Waals surface area (Å²) < 4.78 is 8.51. The lowest BCUT2D eigenvalue weighted by Crippen LogP contribution is -2.25. The van der Waals surface area contributed by atoms with Gasteiger partial charge < -0.3 is 4.42 Å². The van der Waals surface area contributed by atoms with E-state index in [-0.39, 0.29) is 11.8 Å². The van der Waals surface area contributed by atoms with E-state index < -0.39 is 0 Å². The van der Waals surface area contributed by atoms with Crippen LogP contribution in [0, 0.1) is 0 Å². The fourth-order valence-corrected chi connectivity index (χ4v) is 4.73. The molecule has 0 radical (unpaired) electrons. The molecule has 1 aromatic carbocycles. The van der Waals surface area contributed by atoms with Crippen molar-refractivity contribution in [3.63, 3.8) is 0 Å². The minimum atomic E-state index is -0.355. The van der Waals surface area contributed by atoms with Crippen LogP contribution in [0.5, 0.6) is 0 Å². The van der Waals surface area contributed by atoms with Gasteiger partial charge in [-0.05, 0) is 40.9 Å². The van der Waals surface area contributed by atoms with Crippen LogP contribution in [0.1, 0.15) is 43.3 Å². The summed E-state index contributed by atoms with van der Waals surface area (Å²) in [6.07, 6.45) is 5.59. The van der Waals surface area contributed by atoms with Gasteiger partial charge in [0.25, 0.3) is 0 Å². The Bertz CT molecular complexity index is 1120. The van der Waals surface area contributed by atoms with Gasteiger partial charge >= 0.3 is 0 Å². The van der Waals surface area contributed by atoms with Crippen LogP contribution in [0.3, 0.4) is 0 Å². The standard InChI is InChI=1S/C21H19BrN4O2/c1-26-11-14(22)20(25-26)21-19-12(5-4-7-16(19)27)9-13(23-21)10-18-24-15-6-2-3-8-17(15)28-18/h2-3,6,8,11,21H,4-5,7,9-10H2,1H3. The zero-order chi connectivity index (χ0) is 19.3. The number of halogens is 1. The number of nitrogens with zero attached hydrogens (tertiary/aromatic N) is 4. The van der Waals surface area contributed by atoms with E-state index in [1.54, 1.807) is 4.68 Å². The number of oxazole rings is 1. The molecule has 0 fully saturated rings. The number of aliphatic imine (C=N–C) groups is 1. The molecule has 1 atom stereocenters. The fourth-order valence-electron chi connectivity index (χ4n) is 4.14. The Morgan fingerprint density at radius 3 is 2.93 bits per heavy atom. The van der Waals surface area contributed by atoms with Crippen LogP contribution in [0.4, 0.5) is 0 Å². The number of aryl methyl sites for hydroxylation is 1. The molecular weight excluding hydrogens is 420 g/mol. The number of carbonyl (C=O) groups excluding carboxylic acids is 1. The minimum absolute atomic E-state index is 0.202. The Kier molecular flexibility index (Phi) is 4.27. The van der Waals surface area contributed by atoms with E-state index in [2.05, 4.69) is 26.0 Å². The van der Waals surface area contributed by atoms with Gasteiger partial charge in [0.2, 0.25) is 5.89 Å². The van der Waals surface area contributed by atoms with Gasteiger partial charge in [-0.25, -0.2) is 4.98 Å². The second-order valence-corrected chi connectivity index (χ2v) is 8.21. The number of Topliss-reactive ketones (excluding diaryl/α,β-unsaturated/α-hetero) is 1. The quantitative estimate of drug-likeness (QED) is 0.603. The van der Waals surface area contributed by atoms with Crippen LogP contribution in [-0.2, 0) is 18.3 Å². The molecule has 1 aliphatic carbocycles. The molecule has 1 aliphatic heterocycles. The van der Waals surface area contributed by atoms with E-state index >= 15 is 0 Å². The molecular formula is C21H19BrN4O2. The van der Waals surface area contributed by atoms with Gasteiger partial charge in [0.05, 0.1) is 10.9 Å². The molecule has 0 bridgehead atoms. The van der Waals surface area contributed by atoms with E-state index in [4.69, 9.17) is 9.41 Å². The third-order valence-electron chi connectivity index (χ3n) is 5.33. The first kappa shape index (κ1) is 17.6. The number of carbonyl (C=O) groups is 1. The first-order valence-corrected chi connectivity index (χ1v) is 10.2. The van der Waals surface area contributed by atoms with Gasteiger partial charge in [-0.3, -0.25) is 14.5 Å². The van der Waals surface area contributed by atoms with Crippen molar-refractivity contribution in [2.45, 2.75) is 38.1 Å². The maximum absolute atomic E-state index is 12.7. The number of dihydropyridines is 1. The highest BCUT2D eigenvalue weighted by Crippen LogP contribution is 2.41. The van der Waals surface area contributed by atoms with Gasteiger partial charge in [0.15, 0.2) is 11.4 Å². The zero-order valence-electron chi connectivity index (χ0n) is 15.5. The van der Waals surface area contributed by atoms with Crippen molar-refractivity contribution < 1.29 is 9.21 Å². The number of benzene rings is 1. The molecule has 2 aliphatic rings. The third-order valence-corrected chi connectivity index (χ3v) is 5.94. The average Bonchev–Trinajstić information content (AvgIpc) is 3.22. The predicted octanol–water partition coefficient (Wildman–Crippen LogP) is 4.50. The van der Waals surface area contributed by atoms with E-state index in [0.717, 1.165) is 45.4 Å². The minimum Gasteiger partial charge on any atom is -0.440 e. The predicted molar refractivity (Wildman–Crippen MR) is 109 cm³/mol. The van der Waals surface area contributed by atoms with Gasteiger partial charge in [0.1, 0.15) is 17.3 Å². The van der Waals surface area contributed by atoms with Crippen LogP contribution in [0.25, 0.3) is 11.1 Å². The SMILES string of the molecule is Cn1cc(Br)c(C2N=C(Cc3nc4ccccc4o3)CC3=C2C(=O)CCC3)n1. The van der Waals surface area contributed by atoms with Crippen molar-refractivity contribution >= 4 is 38.5 Å². The Hall–Kier alpha value is -2.54. The number of allylic oxidation sites excluding steroid dienone is 1. The Labute approximate surface area is 170 Å². The molecule has 2 aromatic heterocycles. The highest BCUT2D eigenvalue weighted by Gasteiger charge is 2.35. The number of fused-ring (bicyclic) bond motifs is 1. The first-order chi connectivity index (χ1) is 13.6. The number of hydrogen-bond donors (Lipinski definition) is 0. The van der Waals surface area contributed by atoms with E-state index in [1.165, 1.54) is 5.57 Å². The van der Waals surface area contributed by atoms with Crippen molar-refractivity contribution in [1.82, 2.24) is 14.8 Å². The molecule has 1 unspecified atom stereocenters. The molecule has 3 aromatic rings. The van der Waals surface area contributed by atoms with Crippen molar-refractivity contribution in [1.29, 1.82) is 0 Å². The summed E-state index contributed by atoms with van der Waals surface area (Å²) in [4.78, 5) is 22.2. The summed E-state index contributed by atoms with van der Waals surface area (Å²) in [5, 5.41) is 4.57. The number of rotatable bonds is 3. The van der Waals surface area contributed by atoms with Gasteiger partial charge in [-0.1, -0.05) is 17.7 Å². The third kappa shape index (κ3) is 3.03. The Balaban J connectivity index is 1.54. The molecule has 5 rings (SSSR count). The van der Waals surface area contributed by atoms with Gasteiger partial charge in [-0.2, -0.15) is 5.10 Å². The van der Waals surface area contributed by atoms with E-state index in [1.807, 2.05) is 37.5 Å². The summed E-state index contributed by atoms with van der Waals surface area (Å²) in [7, 11) is 1.87. The molecule has 0 amide bonds. The van der Waals surface area contributed by atoms with Crippen molar-refractivity contribution in [2.75, 3.05) is 0 Å². The first-order valence-electron chi connectivity index (χ1n) is 9.42. The molecule has 0 N–H and O–H groups in total. The summed E-state index contributed by atoms with van der Waals surface area (Å²) in [5.74, 6) is 0.860. The smallest absolute Gasteiger partial charge is 0.201 e. The molecule has 3 heterocycles. The summed E-state index contributed by atoms with van der Waals surface area (Å²) in [6, 6.07) is 7.40. The van der Waals surface area contributed by atoms with Crippen LogP contribution >= 0.6 is 15.9 Å². The normalized spacial score (nSPS) is 19.9. The number of ketones is 1. The van der Waals surface area contributed by atoms with Crippen molar-refractivity contribution in [3.05, 3.63) is 57.7 Å². The molecule has 0 saturated carbocycles. The largest absolute Gasteiger partial charge is 0.440 e. The van der Waals surface area contributed by atoms with E-state index in [0.29, 0.717) is 25.2 Å². The molecule has 0 spiro atoms. The van der Waals surface area contributed by atoms with Crippen LogP contribution < -0.4 is 0 Å². The molecule has 142 valence electrons. The maximum atomic E-state index is 12.7. The Morgan fingerprint density at radius 2 is 2.14 bits per heavy atom. The number of hydrogen-bond acceptors (Lipinski definition) is 5. The lowest BCUT2D eigenvalue weighted by molar-refractivity contribution is -0.116. The van der Waals surface area contributed by atoms with Crippen molar-refractivity contribution in [2.24, 2.45) is 12.0 Å². The summed E-state index contributed by atoms with van der Waals surface area (Å²) in [6.45, 7) is 0. The van der Waals surface area contributed by atoms with Crippen molar-refractivity contribution in [3.8, 4) is 0 Å². The molecule has 6 nitrogen and oxygen atoms in total. The molecule has 28 heavy (non-hydrogen) atoms. The van der Waals surface area contributed by atoms with Crippen LogP contribution in [0.15, 0.2) is 55.5 Å². The Morgan fingerprint density at radius 1 is 1.29 bits per heavy atom. The van der Waals surface area contributed by atoms with E-state index in [9.17, 15) is 4.79 Å². The second-order valence-electron chi connectivity index (χ2n) is 7.36. The molecule has 0 saturated heterocycles. The monoisotopic (exact) mass is 438 g/mol. The lowest BCUT2D eigenvalue weighted by atomic mass is 9.81. The number of aromatic nitrogens is 3. The van der Waals surface area contributed by atoms with Crippen LogP contribution in [-0.4, -0.2) is 26.3 Å². The van der Waals surface area contributed by atoms with Gasteiger partial charge in [0, 0.05) is 37.4 Å².